The van der Waals surface area contributed by atoms with Crippen LogP contribution in [0.4, 0.5) is 10.2 Å². The van der Waals surface area contributed by atoms with Crippen LogP contribution in [0.25, 0.3) is 10.9 Å². The lowest BCUT2D eigenvalue weighted by Crippen LogP contribution is -2.36. The molecule has 7 nitrogen and oxygen atoms in total. The molecular weight excluding hydrogens is 363 g/mol. The highest BCUT2D eigenvalue weighted by atomic mass is 19.1. The Morgan fingerprint density at radius 2 is 1.96 bits per heavy atom. The number of nitrogens with one attached hydrogen (secondary N) is 2. The number of rotatable bonds is 5. The highest BCUT2D eigenvalue weighted by molar-refractivity contribution is 6.06. The fraction of sp³-hybridized carbons (Fsp3) is 0.200. The van der Waals surface area contributed by atoms with Crippen LogP contribution in [0.3, 0.4) is 0 Å². The maximum Gasteiger partial charge on any atom is 0.229 e. The predicted molar refractivity (Wildman–Crippen MR) is 100 cm³/mol. The van der Waals surface area contributed by atoms with Gasteiger partial charge in [0.25, 0.3) is 0 Å². The second kappa shape index (κ2) is 7.22. The van der Waals surface area contributed by atoms with E-state index in [-0.39, 0.29) is 48.3 Å². The van der Waals surface area contributed by atoms with E-state index in [9.17, 15) is 18.8 Å². The molecule has 0 saturated carbocycles. The smallest absolute Gasteiger partial charge is 0.229 e. The van der Waals surface area contributed by atoms with Crippen LogP contribution in [0, 0.1) is 11.7 Å². The summed E-state index contributed by atoms with van der Waals surface area (Å²) in [5.74, 6) is -1.86. The molecule has 2 N–H and O–H groups in total. The normalized spacial score (nSPS) is 16.5. The van der Waals surface area contributed by atoms with E-state index in [1.807, 2.05) is 0 Å². The van der Waals surface area contributed by atoms with Gasteiger partial charge in [-0.3, -0.25) is 24.4 Å². The van der Waals surface area contributed by atoms with Crippen LogP contribution >= 0.6 is 0 Å². The summed E-state index contributed by atoms with van der Waals surface area (Å²) in [7, 11) is 0. The summed E-state index contributed by atoms with van der Waals surface area (Å²) >= 11 is 0. The van der Waals surface area contributed by atoms with Crippen molar-refractivity contribution in [1.29, 1.82) is 0 Å². The molecule has 2 aromatic carbocycles. The average Bonchev–Trinajstić information content (AvgIpc) is 3.30. The van der Waals surface area contributed by atoms with Crippen molar-refractivity contribution in [3.63, 3.8) is 0 Å². The molecule has 3 aromatic rings. The number of aromatic amines is 1. The van der Waals surface area contributed by atoms with Crippen LogP contribution < -0.4 is 10.2 Å². The molecule has 1 unspecified atom stereocenters. The number of aromatic nitrogens is 2. The first-order valence-corrected chi connectivity index (χ1v) is 8.83. The molecule has 1 aliphatic heterocycles. The lowest BCUT2D eigenvalue weighted by molar-refractivity contribution is -0.126. The third-order valence-corrected chi connectivity index (χ3v) is 4.79. The van der Waals surface area contributed by atoms with Crippen molar-refractivity contribution in [2.75, 3.05) is 18.0 Å². The van der Waals surface area contributed by atoms with E-state index in [4.69, 9.17) is 0 Å². The maximum atomic E-state index is 14.2. The number of H-pyrrole nitrogens is 1. The SMILES string of the molecule is O=C(CNC(=O)C1CC(=O)N(c2n[nH]c3cccc(F)c23)C1)c1ccccc1. The molecule has 2 heterocycles. The van der Waals surface area contributed by atoms with Gasteiger partial charge in [-0.25, -0.2) is 4.39 Å². The molecule has 4 rings (SSSR count). The van der Waals surface area contributed by atoms with Gasteiger partial charge in [0.15, 0.2) is 11.6 Å². The molecule has 8 heteroatoms. The Kier molecular flexibility index (Phi) is 4.60. The zero-order valence-corrected chi connectivity index (χ0v) is 14.8. The number of Topliss-reactive ketones (excluding diaryl/α,β-unsaturated/α-hetero) is 1. The number of hydrogen-bond acceptors (Lipinski definition) is 4. The molecule has 1 fully saturated rings. The molecular formula is C20H17FN4O3. The van der Waals surface area contributed by atoms with E-state index in [0.717, 1.165) is 0 Å². The Morgan fingerprint density at radius 1 is 1.18 bits per heavy atom. The van der Waals surface area contributed by atoms with Gasteiger partial charge < -0.3 is 5.32 Å². The number of ketones is 1. The number of fused-ring (bicyclic) bond motifs is 1. The van der Waals surface area contributed by atoms with Crippen LogP contribution in [0.15, 0.2) is 48.5 Å². The highest BCUT2D eigenvalue weighted by Crippen LogP contribution is 2.31. The number of nitrogens with zero attached hydrogens (tertiary/aromatic N) is 2. The van der Waals surface area contributed by atoms with Gasteiger partial charge in [-0.05, 0) is 12.1 Å². The second-order valence-corrected chi connectivity index (χ2v) is 6.62. The van der Waals surface area contributed by atoms with Crippen molar-refractivity contribution in [2.24, 2.45) is 5.92 Å². The van der Waals surface area contributed by atoms with Crippen molar-refractivity contribution < 1.29 is 18.8 Å². The lowest BCUT2D eigenvalue weighted by Gasteiger charge is -2.14. The summed E-state index contributed by atoms with van der Waals surface area (Å²) in [6.45, 7) is -0.0635. The highest BCUT2D eigenvalue weighted by Gasteiger charge is 2.37. The van der Waals surface area contributed by atoms with Gasteiger partial charge in [-0.1, -0.05) is 36.4 Å². The summed E-state index contributed by atoms with van der Waals surface area (Å²) in [6.07, 6.45) is -0.0197. The third-order valence-electron chi connectivity index (χ3n) is 4.79. The first-order chi connectivity index (χ1) is 13.5. The molecule has 2 amide bonds. The molecule has 0 spiro atoms. The van der Waals surface area contributed by atoms with Gasteiger partial charge in [0.05, 0.1) is 23.4 Å². The minimum atomic E-state index is -0.630. The van der Waals surface area contributed by atoms with Crippen LogP contribution in [-0.4, -0.2) is 40.9 Å². The van der Waals surface area contributed by atoms with Gasteiger partial charge >= 0.3 is 0 Å². The van der Waals surface area contributed by atoms with Gasteiger partial charge in [-0.15, -0.1) is 0 Å². The Morgan fingerprint density at radius 3 is 2.75 bits per heavy atom. The van der Waals surface area contributed by atoms with Crippen LogP contribution in [-0.2, 0) is 9.59 Å². The molecule has 28 heavy (non-hydrogen) atoms. The largest absolute Gasteiger partial charge is 0.348 e. The predicted octanol–water partition coefficient (Wildman–Crippen LogP) is 2.05. The van der Waals surface area contributed by atoms with Crippen LogP contribution in [0.2, 0.25) is 0 Å². The summed E-state index contributed by atoms with van der Waals surface area (Å²) in [5.41, 5.74) is 0.981. The zero-order valence-electron chi connectivity index (χ0n) is 14.8. The summed E-state index contributed by atoms with van der Waals surface area (Å²) in [4.78, 5) is 38.3. The van der Waals surface area contributed by atoms with Gasteiger partial charge in [0.1, 0.15) is 5.82 Å². The van der Waals surface area contributed by atoms with E-state index in [1.165, 1.54) is 11.0 Å². The molecule has 1 saturated heterocycles. The van der Waals surface area contributed by atoms with E-state index in [0.29, 0.717) is 11.1 Å². The fourth-order valence-electron chi connectivity index (χ4n) is 3.33. The number of anilines is 1. The van der Waals surface area contributed by atoms with Crippen molar-refractivity contribution in [3.8, 4) is 0 Å². The Hall–Kier alpha value is -3.55. The topological polar surface area (TPSA) is 95.2 Å². The Balaban J connectivity index is 1.44. The first kappa shape index (κ1) is 17.8. The minimum Gasteiger partial charge on any atom is -0.348 e. The van der Waals surface area contributed by atoms with Gasteiger partial charge in [0.2, 0.25) is 11.8 Å². The van der Waals surface area contributed by atoms with Gasteiger partial charge in [-0.2, -0.15) is 5.10 Å². The minimum absolute atomic E-state index is 0.0197. The zero-order chi connectivity index (χ0) is 19.7. The van der Waals surface area contributed by atoms with Crippen LogP contribution in [0.5, 0.6) is 0 Å². The number of halogens is 1. The maximum absolute atomic E-state index is 14.2. The Bertz CT molecular complexity index is 1060. The number of carbonyl (C=O) groups excluding carboxylic acids is 3. The second-order valence-electron chi connectivity index (χ2n) is 6.62. The standard InChI is InChI=1S/C20H17FN4O3/c21-14-7-4-8-15-18(14)19(24-23-15)25-11-13(9-17(25)27)20(28)22-10-16(26)12-5-2-1-3-6-12/h1-8,13H,9-11H2,(H,22,28)(H,23,24). The lowest BCUT2D eigenvalue weighted by atomic mass is 10.1. The van der Waals surface area contributed by atoms with E-state index < -0.39 is 11.7 Å². The van der Waals surface area contributed by atoms with E-state index in [1.54, 1.807) is 42.5 Å². The summed E-state index contributed by atoms with van der Waals surface area (Å²) in [6, 6.07) is 13.1. The third kappa shape index (κ3) is 3.24. The average molecular weight is 380 g/mol. The number of benzene rings is 2. The van der Waals surface area contributed by atoms with Crippen molar-refractivity contribution in [3.05, 3.63) is 59.9 Å². The molecule has 0 radical (unpaired) electrons. The number of amides is 2. The molecule has 1 aromatic heterocycles. The summed E-state index contributed by atoms with van der Waals surface area (Å²) in [5, 5.41) is 9.56. The molecule has 0 bridgehead atoms. The Labute approximate surface area is 159 Å². The van der Waals surface area contributed by atoms with Crippen LogP contribution in [0.1, 0.15) is 16.8 Å². The van der Waals surface area contributed by atoms with Gasteiger partial charge in [0, 0.05) is 18.5 Å². The van der Waals surface area contributed by atoms with Crippen molar-refractivity contribution in [2.45, 2.75) is 6.42 Å². The molecule has 1 aliphatic rings. The molecule has 142 valence electrons. The fourth-order valence-corrected chi connectivity index (χ4v) is 3.33. The first-order valence-electron chi connectivity index (χ1n) is 8.83. The van der Waals surface area contributed by atoms with E-state index in [2.05, 4.69) is 15.5 Å². The van der Waals surface area contributed by atoms with Crippen molar-refractivity contribution >= 4 is 34.3 Å². The number of carbonyl (C=O) groups is 3. The van der Waals surface area contributed by atoms with Crippen molar-refractivity contribution in [1.82, 2.24) is 15.5 Å². The summed E-state index contributed by atoms with van der Waals surface area (Å²) < 4.78 is 14.2. The molecule has 1 atom stereocenters. The van der Waals surface area contributed by atoms with E-state index >= 15 is 0 Å². The monoisotopic (exact) mass is 380 g/mol. The molecule has 0 aliphatic carbocycles. The number of hydrogen-bond donors (Lipinski definition) is 2. The quantitative estimate of drug-likeness (QED) is 0.663.